The number of ether oxygens (including phenoxy) is 1. The van der Waals surface area contributed by atoms with Crippen molar-refractivity contribution < 1.29 is 19.0 Å². The Balaban J connectivity index is 1.60. The van der Waals surface area contributed by atoms with Gasteiger partial charge in [0.2, 0.25) is 0 Å². The second-order valence-electron chi connectivity index (χ2n) is 7.20. The number of nitrogens with one attached hydrogen (secondary N) is 1. The summed E-state index contributed by atoms with van der Waals surface area (Å²) < 4.78 is 19.7. The summed E-state index contributed by atoms with van der Waals surface area (Å²) in [6.07, 6.45) is 1.49. The molecular formula is C22H29FN4O3. The lowest BCUT2D eigenvalue weighted by atomic mass is 10.1. The Labute approximate surface area is 176 Å². The molecule has 1 atom stereocenters. The zero-order valence-corrected chi connectivity index (χ0v) is 17.5. The van der Waals surface area contributed by atoms with E-state index in [0.717, 1.165) is 38.4 Å². The number of benzene rings is 1. The highest BCUT2D eigenvalue weighted by Gasteiger charge is 2.32. The summed E-state index contributed by atoms with van der Waals surface area (Å²) in [7, 11) is 0. The summed E-state index contributed by atoms with van der Waals surface area (Å²) in [5, 5.41) is 12.4. The summed E-state index contributed by atoms with van der Waals surface area (Å²) in [5.74, 6) is 0.305. The molecule has 1 aromatic carbocycles. The first-order valence-corrected chi connectivity index (χ1v) is 10.4. The maximum Gasteiger partial charge on any atom is 0.414 e. The third kappa shape index (κ3) is 5.25. The predicted octanol–water partition coefficient (Wildman–Crippen LogP) is 3.35. The van der Waals surface area contributed by atoms with Crippen molar-refractivity contribution in [1.29, 1.82) is 0 Å². The van der Waals surface area contributed by atoms with Crippen molar-refractivity contribution in [3.8, 4) is 11.1 Å². The van der Waals surface area contributed by atoms with Crippen LogP contribution >= 0.6 is 0 Å². The summed E-state index contributed by atoms with van der Waals surface area (Å²) in [6, 6.07) is 8.25. The van der Waals surface area contributed by atoms with Gasteiger partial charge in [-0.1, -0.05) is 13.8 Å². The Morgan fingerprint density at radius 1 is 1.30 bits per heavy atom. The smallest absolute Gasteiger partial charge is 0.414 e. The van der Waals surface area contributed by atoms with Crippen LogP contribution in [0.25, 0.3) is 11.1 Å². The van der Waals surface area contributed by atoms with Gasteiger partial charge in [0, 0.05) is 23.9 Å². The van der Waals surface area contributed by atoms with Gasteiger partial charge in [-0.25, -0.2) is 14.2 Å². The third-order valence-electron chi connectivity index (χ3n) is 5.27. The molecule has 1 saturated heterocycles. The number of pyridine rings is 1. The number of hydrogen-bond donors (Lipinski definition) is 2. The molecule has 2 N–H and O–H groups in total. The van der Waals surface area contributed by atoms with Gasteiger partial charge in [0.25, 0.3) is 0 Å². The maximum absolute atomic E-state index is 14.7. The molecule has 0 radical (unpaired) electrons. The van der Waals surface area contributed by atoms with Gasteiger partial charge in [0.1, 0.15) is 17.7 Å². The van der Waals surface area contributed by atoms with Crippen LogP contribution in [0.1, 0.15) is 20.3 Å². The number of cyclic esters (lactones) is 1. The molecule has 2 aromatic rings. The van der Waals surface area contributed by atoms with Crippen LogP contribution in [0.3, 0.4) is 0 Å². The van der Waals surface area contributed by atoms with Gasteiger partial charge in [0.05, 0.1) is 18.8 Å². The Morgan fingerprint density at radius 2 is 2.10 bits per heavy atom. The van der Waals surface area contributed by atoms with E-state index in [9.17, 15) is 9.18 Å². The van der Waals surface area contributed by atoms with Crippen LogP contribution in [0.2, 0.25) is 0 Å². The van der Waals surface area contributed by atoms with E-state index in [4.69, 9.17) is 9.84 Å². The maximum atomic E-state index is 14.7. The Bertz CT molecular complexity index is 843. The quantitative estimate of drug-likeness (QED) is 0.579. The van der Waals surface area contributed by atoms with Crippen LogP contribution in [0.15, 0.2) is 36.5 Å². The molecule has 0 spiro atoms. The van der Waals surface area contributed by atoms with Crippen LogP contribution in [0.4, 0.5) is 20.7 Å². The number of anilines is 2. The number of aliphatic hydroxyl groups is 1. The van der Waals surface area contributed by atoms with Crippen LogP contribution < -0.4 is 10.2 Å². The largest absolute Gasteiger partial charge is 0.441 e. The minimum atomic E-state index is -0.587. The van der Waals surface area contributed by atoms with Crippen LogP contribution in [-0.2, 0) is 4.74 Å². The van der Waals surface area contributed by atoms with E-state index in [-0.39, 0.29) is 13.2 Å². The van der Waals surface area contributed by atoms with Gasteiger partial charge in [-0.05, 0) is 56.4 Å². The number of rotatable bonds is 10. The van der Waals surface area contributed by atoms with Gasteiger partial charge in [-0.15, -0.1) is 0 Å². The molecule has 1 aliphatic rings. The lowest BCUT2D eigenvalue weighted by Gasteiger charge is -2.17. The summed E-state index contributed by atoms with van der Waals surface area (Å²) >= 11 is 0. The van der Waals surface area contributed by atoms with Crippen molar-refractivity contribution in [1.82, 2.24) is 9.88 Å². The summed E-state index contributed by atoms with van der Waals surface area (Å²) in [4.78, 5) is 19.9. The SMILES string of the molecule is CCN(CC)CCCNc1ccc(-c2ccc(N3CC(CO)OC3=O)cc2F)cn1. The number of nitrogens with zero attached hydrogens (tertiary/aromatic N) is 3. The zero-order chi connectivity index (χ0) is 21.5. The van der Waals surface area contributed by atoms with E-state index in [1.807, 2.05) is 12.1 Å². The Kier molecular flexibility index (Phi) is 7.59. The van der Waals surface area contributed by atoms with E-state index in [0.29, 0.717) is 16.8 Å². The predicted molar refractivity (Wildman–Crippen MR) is 115 cm³/mol. The Morgan fingerprint density at radius 3 is 2.70 bits per heavy atom. The van der Waals surface area contributed by atoms with E-state index in [1.165, 1.54) is 11.0 Å². The fraction of sp³-hybridized carbons (Fsp3) is 0.455. The van der Waals surface area contributed by atoms with Gasteiger partial charge in [-0.2, -0.15) is 0 Å². The molecule has 1 aromatic heterocycles. The zero-order valence-electron chi connectivity index (χ0n) is 17.5. The number of hydrogen-bond acceptors (Lipinski definition) is 6. The highest BCUT2D eigenvalue weighted by atomic mass is 19.1. The highest BCUT2D eigenvalue weighted by molar-refractivity contribution is 5.90. The van der Waals surface area contributed by atoms with Gasteiger partial charge in [0.15, 0.2) is 0 Å². The minimum Gasteiger partial charge on any atom is -0.441 e. The molecule has 2 heterocycles. The Hall–Kier alpha value is -2.71. The van der Waals surface area contributed by atoms with E-state index in [2.05, 4.69) is 29.0 Å². The van der Waals surface area contributed by atoms with Gasteiger partial charge in [-0.3, -0.25) is 4.90 Å². The topological polar surface area (TPSA) is 77.9 Å². The average Bonchev–Trinajstić information content (AvgIpc) is 3.15. The molecule has 162 valence electrons. The summed E-state index contributed by atoms with van der Waals surface area (Å²) in [5.41, 5.74) is 1.47. The number of carbonyl (C=O) groups excluding carboxylic acids is 1. The van der Waals surface area contributed by atoms with Crippen molar-refractivity contribution >= 4 is 17.6 Å². The molecule has 0 aliphatic carbocycles. The van der Waals surface area contributed by atoms with Crippen molar-refractivity contribution in [2.24, 2.45) is 0 Å². The first-order valence-electron chi connectivity index (χ1n) is 10.4. The molecule has 0 bridgehead atoms. The standard InChI is InChI=1S/C22H29FN4O3/c1-3-26(4-2)11-5-10-24-21-9-6-16(13-25-21)19-8-7-17(12-20(19)23)27-14-18(15-28)30-22(27)29/h6-9,12-13,18,28H,3-5,10-11,14-15H2,1-2H3,(H,24,25). The molecule has 1 amide bonds. The lowest BCUT2D eigenvalue weighted by molar-refractivity contribution is 0.0963. The normalized spacial score (nSPS) is 16.2. The molecule has 1 aliphatic heterocycles. The number of aromatic nitrogens is 1. The fourth-order valence-corrected chi connectivity index (χ4v) is 3.45. The van der Waals surface area contributed by atoms with Crippen molar-refractivity contribution in [2.45, 2.75) is 26.4 Å². The molecule has 7 nitrogen and oxygen atoms in total. The van der Waals surface area contributed by atoms with E-state index in [1.54, 1.807) is 18.3 Å². The number of halogens is 1. The van der Waals surface area contributed by atoms with Crippen molar-refractivity contribution in [3.63, 3.8) is 0 Å². The second kappa shape index (κ2) is 10.4. The van der Waals surface area contributed by atoms with Crippen LogP contribution in [0, 0.1) is 5.82 Å². The average molecular weight is 416 g/mol. The van der Waals surface area contributed by atoms with Crippen molar-refractivity contribution in [3.05, 3.63) is 42.3 Å². The molecule has 30 heavy (non-hydrogen) atoms. The number of amides is 1. The third-order valence-corrected chi connectivity index (χ3v) is 5.27. The molecule has 1 fully saturated rings. The van der Waals surface area contributed by atoms with Crippen molar-refractivity contribution in [2.75, 3.05) is 49.5 Å². The van der Waals surface area contributed by atoms with Crippen LogP contribution in [0.5, 0.6) is 0 Å². The highest BCUT2D eigenvalue weighted by Crippen LogP contribution is 2.29. The van der Waals surface area contributed by atoms with E-state index >= 15 is 0 Å². The fourth-order valence-electron chi connectivity index (χ4n) is 3.45. The van der Waals surface area contributed by atoms with Gasteiger partial charge >= 0.3 is 6.09 Å². The first-order chi connectivity index (χ1) is 14.5. The lowest BCUT2D eigenvalue weighted by Crippen LogP contribution is -2.25. The summed E-state index contributed by atoms with van der Waals surface area (Å²) in [6.45, 7) is 8.22. The van der Waals surface area contributed by atoms with Gasteiger partial charge < -0.3 is 20.1 Å². The monoisotopic (exact) mass is 416 g/mol. The molecule has 1 unspecified atom stereocenters. The second-order valence-corrected chi connectivity index (χ2v) is 7.20. The van der Waals surface area contributed by atoms with E-state index < -0.39 is 18.0 Å². The molecule has 0 saturated carbocycles. The number of carbonyl (C=O) groups is 1. The van der Waals surface area contributed by atoms with Crippen LogP contribution in [-0.4, -0.2) is 66.5 Å². The minimum absolute atomic E-state index is 0.199. The number of aliphatic hydroxyl groups excluding tert-OH is 1. The molecule has 8 heteroatoms. The first kappa shape index (κ1) is 22.0. The molecular weight excluding hydrogens is 387 g/mol. The molecule has 3 rings (SSSR count).